The molecule has 0 saturated heterocycles. The minimum absolute atomic E-state index is 0.0900. The molecule has 1 unspecified atom stereocenters. The molecule has 10 nitrogen and oxygen atoms in total. The number of aromatic nitrogens is 2. The number of hydrogen-bond donors (Lipinski definition) is 2. The number of hydrogen-bond acceptors (Lipinski definition) is 8. The predicted molar refractivity (Wildman–Crippen MR) is 155 cm³/mol. The summed E-state index contributed by atoms with van der Waals surface area (Å²) in [4.78, 5) is 34.5. The Kier molecular flexibility index (Phi) is 10.3. The smallest absolute Gasteiger partial charge is 0.416 e. The van der Waals surface area contributed by atoms with Crippen molar-refractivity contribution in [1.29, 1.82) is 0 Å². The summed E-state index contributed by atoms with van der Waals surface area (Å²) in [5, 5.41) is 12.5. The average molecular weight is 617 g/mol. The van der Waals surface area contributed by atoms with E-state index in [2.05, 4.69) is 15.3 Å². The van der Waals surface area contributed by atoms with Gasteiger partial charge in [-0.2, -0.15) is 13.2 Å². The van der Waals surface area contributed by atoms with Gasteiger partial charge < -0.3 is 19.3 Å². The first-order valence-corrected chi connectivity index (χ1v) is 14.2. The Hall–Kier alpha value is -4.39. The lowest BCUT2D eigenvalue weighted by Crippen LogP contribution is -2.47. The number of carboxylic acids is 1. The first-order chi connectivity index (χ1) is 21.0. The summed E-state index contributed by atoms with van der Waals surface area (Å²) in [6.45, 7) is 3.68. The molecule has 2 heterocycles. The van der Waals surface area contributed by atoms with E-state index in [0.29, 0.717) is 40.6 Å². The fraction of sp³-hybridized carbons (Fsp3) is 0.419. The maximum atomic E-state index is 13.9. The molecule has 3 atom stereocenters. The Bertz CT molecular complexity index is 1450. The van der Waals surface area contributed by atoms with Crippen LogP contribution in [0.5, 0.6) is 11.5 Å². The maximum absolute atomic E-state index is 13.9. The van der Waals surface area contributed by atoms with Crippen molar-refractivity contribution in [1.82, 2.24) is 15.3 Å². The number of halogens is 3. The molecular formula is C31H35F3N4O6. The standard InChI is InChI=1S/C31H35F3N4O6/c1-5-21-14-25(24-13-20(31(32,33)34)8-9-26(24)38(21)30(41)44-6-2)37-28(19-11-22(42-3)15-23(12-19)43-4)29-35-16-18(17-36-29)7-10-27(39)40/h8-9,11-13,15-17,21,25,28,37H,5-7,10,14H2,1-4H3,(H,39,40)/t21-,25+,28?/m1/s1. The van der Waals surface area contributed by atoms with E-state index in [0.717, 1.165) is 12.1 Å². The van der Waals surface area contributed by atoms with Gasteiger partial charge in [0.25, 0.3) is 0 Å². The van der Waals surface area contributed by atoms with Crippen LogP contribution in [-0.2, 0) is 22.1 Å². The van der Waals surface area contributed by atoms with Gasteiger partial charge in [-0.25, -0.2) is 14.8 Å². The number of nitrogens with zero attached hydrogens (tertiary/aromatic N) is 3. The van der Waals surface area contributed by atoms with Gasteiger partial charge in [0.2, 0.25) is 0 Å². The van der Waals surface area contributed by atoms with Gasteiger partial charge in [0.1, 0.15) is 17.3 Å². The molecule has 236 valence electrons. The minimum Gasteiger partial charge on any atom is -0.497 e. The monoisotopic (exact) mass is 616 g/mol. The number of fused-ring (bicyclic) bond motifs is 1. The summed E-state index contributed by atoms with van der Waals surface area (Å²) in [7, 11) is 3.00. The van der Waals surface area contributed by atoms with Crippen LogP contribution < -0.4 is 19.7 Å². The molecule has 0 fully saturated rings. The van der Waals surface area contributed by atoms with Gasteiger partial charge in [-0.05, 0) is 73.2 Å². The van der Waals surface area contributed by atoms with Gasteiger partial charge in [-0.1, -0.05) is 6.92 Å². The van der Waals surface area contributed by atoms with Gasteiger partial charge in [-0.15, -0.1) is 0 Å². The van der Waals surface area contributed by atoms with Crippen molar-refractivity contribution >= 4 is 17.7 Å². The van der Waals surface area contributed by atoms with Crippen molar-refractivity contribution in [2.24, 2.45) is 0 Å². The Morgan fingerprint density at radius 3 is 2.27 bits per heavy atom. The molecule has 1 aliphatic rings. The predicted octanol–water partition coefficient (Wildman–Crippen LogP) is 6.10. The third-order valence-electron chi connectivity index (χ3n) is 7.48. The van der Waals surface area contributed by atoms with E-state index >= 15 is 0 Å². The van der Waals surface area contributed by atoms with Gasteiger partial charge in [-0.3, -0.25) is 15.0 Å². The number of amides is 1. The third-order valence-corrected chi connectivity index (χ3v) is 7.48. The van der Waals surface area contributed by atoms with E-state index in [1.807, 2.05) is 6.92 Å². The molecule has 4 rings (SSSR count). The number of alkyl halides is 3. The van der Waals surface area contributed by atoms with Crippen LogP contribution >= 0.6 is 0 Å². The Labute approximate surface area is 253 Å². The third kappa shape index (κ3) is 7.39. The van der Waals surface area contributed by atoms with Crippen molar-refractivity contribution in [2.75, 3.05) is 25.7 Å². The Balaban J connectivity index is 1.84. The van der Waals surface area contributed by atoms with Crippen LogP contribution in [0.25, 0.3) is 0 Å². The largest absolute Gasteiger partial charge is 0.497 e. The molecule has 0 bridgehead atoms. The zero-order valence-corrected chi connectivity index (χ0v) is 24.9. The molecule has 3 aromatic rings. The molecule has 13 heteroatoms. The van der Waals surface area contributed by atoms with Crippen molar-refractivity contribution in [2.45, 2.75) is 63.8 Å². The van der Waals surface area contributed by atoms with E-state index in [-0.39, 0.29) is 37.5 Å². The zero-order valence-electron chi connectivity index (χ0n) is 24.9. The van der Waals surface area contributed by atoms with Crippen LogP contribution in [-0.4, -0.2) is 54.0 Å². The van der Waals surface area contributed by atoms with Crippen LogP contribution in [0.2, 0.25) is 0 Å². The van der Waals surface area contributed by atoms with Crippen LogP contribution in [0.15, 0.2) is 48.8 Å². The molecule has 0 radical (unpaired) electrons. The number of rotatable bonds is 11. The number of aliphatic carboxylic acids is 1. The van der Waals surface area contributed by atoms with Crippen LogP contribution in [0.1, 0.15) is 73.3 Å². The molecule has 1 aliphatic heterocycles. The molecule has 0 spiro atoms. The molecule has 1 amide bonds. The highest BCUT2D eigenvalue weighted by molar-refractivity contribution is 5.90. The van der Waals surface area contributed by atoms with Crippen molar-refractivity contribution < 1.29 is 42.1 Å². The molecular weight excluding hydrogens is 581 g/mol. The first kappa shape index (κ1) is 32.5. The summed E-state index contributed by atoms with van der Waals surface area (Å²) in [6, 6.07) is 6.71. The summed E-state index contributed by atoms with van der Waals surface area (Å²) < 4.78 is 57.9. The fourth-order valence-corrected chi connectivity index (χ4v) is 5.29. The van der Waals surface area contributed by atoms with E-state index in [1.54, 1.807) is 25.1 Å². The van der Waals surface area contributed by atoms with Crippen molar-refractivity contribution in [3.63, 3.8) is 0 Å². The van der Waals surface area contributed by atoms with E-state index in [4.69, 9.17) is 19.3 Å². The summed E-state index contributed by atoms with van der Waals surface area (Å²) in [5.41, 5.74) is 0.982. The van der Waals surface area contributed by atoms with E-state index in [9.17, 15) is 22.8 Å². The summed E-state index contributed by atoms with van der Waals surface area (Å²) >= 11 is 0. The molecule has 0 aliphatic carbocycles. The highest BCUT2D eigenvalue weighted by Crippen LogP contribution is 2.43. The van der Waals surface area contributed by atoms with Gasteiger partial charge in [0.15, 0.2) is 0 Å². The van der Waals surface area contributed by atoms with Crippen LogP contribution in [0, 0.1) is 0 Å². The van der Waals surface area contributed by atoms with Gasteiger partial charge in [0, 0.05) is 37.0 Å². The van der Waals surface area contributed by atoms with E-state index in [1.165, 1.54) is 37.6 Å². The number of nitrogens with one attached hydrogen (secondary N) is 1. The molecule has 2 aromatic carbocycles. The number of carbonyl (C=O) groups is 2. The highest BCUT2D eigenvalue weighted by atomic mass is 19.4. The van der Waals surface area contributed by atoms with Crippen LogP contribution in [0.3, 0.4) is 0 Å². The number of benzene rings is 2. The summed E-state index contributed by atoms with van der Waals surface area (Å²) in [5.74, 6) is 0.308. The second-order valence-electron chi connectivity index (χ2n) is 10.3. The number of carbonyl (C=O) groups excluding carboxylic acids is 1. The second-order valence-corrected chi connectivity index (χ2v) is 10.3. The summed E-state index contributed by atoms with van der Waals surface area (Å²) in [6.07, 6.45) is -1.23. The second kappa shape index (κ2) is 13.9. The zero-order chi connectivity index (χ0) is 32.0. The quantitative estimate of drug-likeness (QED) is 0.263. The number of ether oxygens (including phenoxy) is 3. The average Bonchev–Trinajstić information content (AvgIpc) is 3.01. The number of methoxy groups -OCH3 is 2. The number of aryl methyl sites for hydroxylation is 1. The van der Waals surface area contributed by atoms with Crippen LogP contribution in [0.4, 0.5) is 23.7 Å². The Morgan fingerprint density at radius 1 is 1.07 bits per heavy atom. The molecule has 44 heavy (non-hydrogen) atoms. The van der Waals surface area contributed by atoms with Gasteiger partial charge >= 0.3 is 18.2 Å². The lowest BCUT2D eigenvalue weighted by molar-refractivity contribution is -0.138. The number of carboxylic acid groups (broad SMARTS) is 1. The van der Waals surface area contributed by atoms with E-state index < -0.39 is 35.9 Å². The lowest BCUT2D eigenvalue weighted by atomic mass is 9.87. The molecule has 1 aromatic heterocycles. The van der Waals surface area contributed by atoms with Crippen molar-refractivity contribution in [3.8, 4) is 11.5 Å². The van der Waals surface area contributed by atoms with Gasteiger partial charge in [0.05, 0.1) is 38.1 Å². The SMILES string of the molecule is CCOC(=O)N1c2ccc(C(F)(F)F)cc2[C@@H](NC(c2cc(OC)cc(OC)c2)c2ncc(CCC(=O)O)cn2)C[C@H]1CC. The Morgan fingerprint density at radius 2 is 1.73 bits per heavy atom. The van der Waals surface area contributed by atoms with Crippen molar-refractivity contribution in [3.05, 3.63) is 76.9 Å². The highest BCUT2D eigenvalue weighted by Gasteiger charge is 2.40. The normalized spacial score (nSPS) is 17.0. The molecule has 2 N–H and O–H groups in total. The minimum atomic E-state index is -4.61. The topological polar surface area (TPSA) is 123 Å². The molecule has 0 saturated carbocycles. The maximum Gasteiger partial charge on any atom is 0.416 e. The first-order valence-electron chi connectivity index (χ1n) is 14.2. The fourth-order valence-electron chi connectivity index (χ4n) is 5.29. The number of anilines is 1. The lowest BCUT2D eigenvalue weighted by Gasteiger charge is -2.41.